The van der Waals surface area contributed by atoms with Crippen LogP contribution in [0.2, 0.25) is 0 Å². The number of hydrogen-bond donors (Lipinski definition) is 2. The number of fused-ring (bicyclic) bond motifs is 1. The third-order valence-corrected chi connectivity index (χ3v) is 5.91. The van der Waals surface area contributed by atoms with Gasteiger partial charge >= 0.3 is 6.18 Å². The SMILES string of the molecule is NC(=O)c1ccccc1CN(C(=O)c1ccccc1O)[C@@H]1CCc2ccc(C(F)(F)F)cc21. The van der Waals surface area contributed by atoms with Gasteiger partial charge in [0.1, 0.15) is 5.75 Å². The Kier molecular flexibility index (Phi) is 5.84. The van der Waals surface area contributed by atoms with Crippen molar-refractivity contribution >= 4 is 11.8 Å². The van der Waals surface area contributed by atoms with Crippen molar-refractivity contribution in [3.05, 3.63) is 100 Å². The summed E-state index contributed by atoms with van der Waals surface area (Å²) in [5.41, 5.74) is 6.54. The first-order valence-corrected chi connectivity index (χ1v) is 10.3. The van der Waals surface area contributed by atoms with Crippen LogP contribution in [0.15, 0.2) is 66.7 Å². The maximum atomic E-state index is 13.6. The van der Waals surface area contributed by atoms with Gasteiger partial charge in [-0.25, -0.2) is 0 Å². The van der Waals surface area contributed by atoms with Gasteiger partial charge in [-0.15, -0.1) is 0 Å². The van der Waals surface area contributed by atoms with E-state index in [1.165, 1.54) is 29.2 Å². The van der Waals surface area contributed by atoms with E-state index in [0.717, 1.165) is 17.7 Å². The molecule has 1 aliphatic rings. The molecule has 0 aliphatic heterocycles. The number of nitrogens with two attached hydrogens (primary N) is 1. The summed E-state index contributed by atoms with van der Waals surface area (Å²) in [6, 6.07) is 15.4. The van der Waals surface area contributed by atoms with Crippen LogP contribution in [-0.2, 0) is 19.1 Å². The fourth-order valence-electron chi connectivity index (χ4n) is 4.30. The van der Waals surface area contributed by atoms with Gasteiger partial charge in [-0.2, -0.15) is 13.2 Å². The lowest BCUT2D eigenvalue weighted by atomic mass is 10.00. The van der Waals surface area contributed by atoms with Crippen molar-refractivity contribution in [3.8, 4) is 5.75 Å². The monoisotopic (exact) mass is 454 g/mol. The van der Waals surface area contributed by atoms with Crippen molar-refractivity contribution < 1.29 is 27.9 Å². The third kappa shape index (κ3) is 4.41. The van der Waals surface area contributed by atoms with E-state index >= 15 is 0 Å². The molecule has 0 spiro atoms. The Balaban J connectivity index is 1.81. The molecule has 0 heterocycles. The van der Waals surface area contributed by atoms with E-state index in [2.05, 4.69) is 0 Å². The number of halogens is 3. The van der Waals surface area contributed by atoms with Crippen LogP contribution in [0.5, 0.6) is 5.75 Å². The zero-order valence-electron chi connectivity index (χ0n) is 17.5. The van der Waals surface area contributed by atoms with E-state index in [1.807, 2.05) is 0 Å². The van der Waals surface area contributed by atoms with Crippen molar-refractivity contribution in [2.24, 2.45) is 5.73 Å². The molecule has 0 saturated heterocycles. The number of benzene rings is 3. The average molecular weight is 454 g/mol. The van der Waals surface area contributed by atoms with Crippen molar-refractivity contribution in [2.45, 2.75) is 31.6 Å². The van der Waals surface area contributed by atoms with Crippen molar-refractivity contribution in [3.63, 3.8) is 0 Å². The van der Waals surface area contributed by atoms with Crippen LogP contribution < -0.4 is 5.73 Å². The highest BCUT2D eigenvalue weighted by atomic mass is 19.4. The van der Waals surface area contributed by atoms with E-state index in [1.54, 1.807) is 30.3 Å². The molecule has 0 unspecified atom stereocenters. The summed E-state index contributed by atoms with van der Waals surface area (Å²) in [5, 5.41) is 10.3. The minimum atomic E-state index is -4.52. The number of phenolic OH excluding ortho intramolecular Hbond substituents is 1. The van der Waals surface area contributed by atoms with Gasteiger partial charge in [-0.1, -0.05) is 36.4 Å². The molecule has 3 aromatic carbocycles. The molecule has 170 valence electrons. The van der Waals surface area contributed by atoms with Crippen molar-refractivity contribution in [2.75, 3.05) is 0 Å². The number of carbonyl (C=O) groups excluding carboxylic acids is 2. The van der Waals surface area contributed by atoms with Gasteiger partial charge in [0.05, 0.1) is 17.2 Å². The molecule has 0 aromatic heterocycles. The molecule has 0 bridgehead atoms. The number of aromatic hydroxyl groups is 1. The molecule has 1 aliphatic carbocycles. The number of carbonyl (C=O) groups is 2. The van der Waals surface area contributed by atoms with Crippen LogP contribution in [0.4, 0.5) is 13.2 Å². The quantitative estimate of drug-likeness (QED) is 0.579. The number of para-hydroxylation sites is 1. The zero-order valence-corrected chi connectivity index (χ0v) is 17.5. The van der Waals surface area contributed by atoms with Crippen LogP contribution in [0.3, 0.4) is 0 Å². The van der Waals surface area contributed by atoms with Gasteiger partial charge in [0.25, 0.3) is 5.91 Å². The van der Waals surface area contributed by atoms with Crippen LogP contribution in [0.25, 0.3) is 0 Å². The van der Waals surface area contributed by atoms with Crippen LogP contribution in [-0.4, -0.2) is 21.8 Å². The summed E-state index contributed by atoms with van der Waals surface area (Å²) in [6.45, 7) is -0.0629. The smallest absolute Gasteiger partial charge is 0.416 e. The summed E-state index contributed by atoms with van der Waals surface area (Å²) < 4.78 is 40.2. The second-order valence-electron chi connectivity index (χ2n) is 7.94. The lowest BCUT2D eigenvalue weighted by Gasteiger charge is -2.31. The number of hydrogen-bond acceptors (Lipinski definition) is 3. The topological polar surface area (TPSA) is 83.6 Å². The number of phenols is 1. The van der Waals surface area contributed by atoms with Gasteiger partial charge in [0.15, 0.2) is 0 Å². The molecule has 1 atom stereocenters. The number of alkyl halides is 3. The standard InChI is InChI=1S/C25H21F3N2O3/c26-25(27,28)17-11-9-15-10-12-21(20(15)13-17)30(24(33)19-7-3-4-8-22(19)31)14-16-5-1-2-6-18(16)23(29)32/h1-9,11,13,21,31H,10,12,14H2,(H2,29,32)/t21-/m1/s1. The third-order valence-electron chi connectivity index (χ3n) is 5.91. The Morgan fingerprint density at radius 1 is 1.00 bits per heavy atom. The first-order valence-electron chi connectivity index (χ1n) is 10.3. The Bertz CT molecular complexity index is 1220. The Labute approximate surface area is 188 Å². The van der Waals surface area contributed by atoms with E-state index in [0.29, 0.717) is 24.0 Å². The summed E-state index contributed by atoms with van der Waals surface area (Å²) in [6.07, 6.45) is -3.61. The average Bonchev–Trinajstić information content (AvgIpc) is 3.20. The molecule has 0 fully saturated rings. The first kappa shape index (κ1) is 22.4. The van der Waals surface area contributed by atoms with Crippen LogP contribution >= 0.6 is 0 Å². The number of aryl methyl sites for hydroxylation is 1. The van der Waals surface area contributed by atoms with Gasteiger partial charge in [-0.05, 0) is 59.9 Å². The lowest BCUT2D eigenvalue weighted by Crippen LogP contribution is -2.34. The summed E-state index contributed by atoms with van der Waals surface area (Å²) >= 11 is 0. The van der Waals surface area contributed by atoms with E-state index in [4.69, 9.17) is 5.73 Å². The fourth-order valence-corrected chi connectivity index (χ4v) is 4.30. The number of primary amides is 1. The second kappa shape index (κ2) is 8.61. The maximum absolute atomic E-state index is 13.6. The highest BCUT2D eigenvalue weighted by Gasteiger charge is 2.37. The minimum Gasteiger partial charge on any atom is -0.507 e. The minimum absolute atomic E-state index is 0.0227. The van der Waals surface area contributed by atoms with E-state index < -0.39 is 29.6 Å². The summed E-state index contributed by atoms with van der Waals surface area (Å²) in [7, 11) is 0. The molecule has 4 rings (SSSR count). The van der Waals surface area contributed by atoms with Crippen LogP contribution in [0, 0.1) is 0 Å². The van der Waals surface area contributed by atoms with Gasteiger partial charge in [0.2, 0.25) is 5.91 Å². The highest BCUT2D eigenvalue weighted by Crippen LogP contribution is 2.41. The molecule has 0 radical (unpaired) electrons. The normalized spacial score (nSPS) is 15.2. The molecule has 3 N–H and O–H groups in total. The van der Waals surface area contributed by atoms with Gasteiger partial charge in [0, 0.05) is 12.1 Å². The van der Waals surface area contributed by atoms with Crippen LogP contribution in [0.1, 0.15) is 55.4 Å². The van der Waals surface area contributed by atoms with Crippen molar-refractivity contribution in [1.82, 2.24) is 4.90 Å². The fraction of sp³-hybridized carbons (Fsp3) is 0.200. The molecular formula is C25H21F3N2O3. The molecular weight excluding hydrogens is 433 g/mol. The second-order valence-corrected chi connectivity index (χ2v) is 7.94. The molecule has 5 nitrogen and oxygen atoms in total. The van der Waals surface area contributed by atoms with Crippen molar-refractivity contribution in [1.29, 1.82) is 0 Å². The zero-order chi connectivity index (χ0) is 23.8. The molecule has 8 heteroatoms. The first-order chi connectivity index (χ1) is 15.7. The van der Waals surface area contributed by atoms with E-state index in [9.17, 15) is 27.9 Å². The lowest BCUT2D eigenvalue weighted by molar-refractivity contribution is -0.137. The number of rotatable bonds is 5. The summed E-state index contributed by atoms with van der Waals surface area (Å²) in [4.78, 5) is 26.9. The molecule has 33 heavy (non-hydrogen) atoms. The predicted octanol–water partition coefficient (Wildman–Crippen LogP) is 4.84. The molecule has 2 amide bonds. The maximum Gasteiger partial charge on any atom is 0.416 e. The number of nitrogens with zero attached hydrogens (tertiary/aromatic N) is 1. The number of amides is 2. The Hall–Kier alpha value is -3.81. The van der Waals surface area contributed by atoms with Gasteiger partial charge < -0.3 is 15.7 Å². The van der Waals surface area contributed by atoms with E-state index in [-0.39, 0.29) is 23.4 Å². The molecule has 3 aromatic rings. The Morgan fingerprint density at radius 2 is 1.67 bits per heavy atom. The highest BCUT2D eigenvalue weighted by molar-refractivity contribution is 5.98. The predicted molar refractivity (Wildman–Crippen MR) is 115 cm³/mol. The van der Waals surface area contributed by atoms with Gasteiger partial charge in [-0.3, -0.25) is 9.59 Å². The Morgan fingerprint density at radius 3 is 2.33 bits per heavy atom. The largest absolute Gasteiger partial charge is 0.507 e. The summed E-state index contributed by atoms with van der Waals surface area (Å²) in [5.74, 6) is -1.47. The molecule has 0 saturated carbocycles.